The van der Waals surface area contributed by atoms with Crippen LogP contribution in [0.1, 0.15) is 33.3 Å². The van der Waals surface area contributed by atoms with Crippen LogP contribution in [0.4, 0.5) is 10.5 Å². The average Bonchev–Trinajstić information content (AvgIpc) is 2.74. The first-order valence-electron chi connectivity index (χ1n) is 7.79. The van der Waals surface area contributed by atoms with E-state index in [0.717, 1.165) is 17.4 Å². The first-order valence-corrected chi connectivity index (χ1v) is 8.58. The van der Waals surface area contributed by atoms with E-state index in [1.165, 1.54) is 11.3 Å². The van der Waals surface area contributed by atoms with E-state index in [4.69, 9.17) is 4.74 Å². The predicted molar refractivity (Wildman–Crippen MR) is 91.4 cm³/mol. The van der Waals surface area contributed by atoms with Crippen LogP contribution in [0.15, 0.2) is 22.7 Å². The van der Waals surface area contributed by atoms with Gasteiger partial charge in [0.15, 0.2) is 0 Å². The lowest BCUT2D eigenvalue weighted by Gasteiger charge is -2.43. The number of carbonyl (C=O) groups is 1. The van der Waals surface area contributed by atoms with Crippen LogP contribution in [0, 0.1) is 0 Å². The number of fused-ring (bicyclic) bond motifs is 3. The number of rotatable bonds is 0. The second kappa shape index (κ2) is 5.44. The lowest BCUT2D eigenvalue weighted by molar-refractivity contribution is 0.0192. The summed E-state index contributed by atoms with van der Waals surface area (Å²) in [6.07, 6.45) is 0.794. The Bertz CT molecular complexity index is 597. The molecular formula is C17H23BrN2O2. The summed E-state index contributed by atoms with van der Waals surface area (Å²) in [6, 6.07) is 7.10. The van der Waals surface area contributed by atoms with Crippen molar-refractivity contribution in [3.05, 3.63) is 28.2 Å². The fraction of sp³-hybridized carbons (Fsp3) is 0.588. The molecule has 1 unspecified atom stereocenters. The van der Waals surface area contributed by atoms with Gasteiger partial charge in [0.2, 0.25) is 0 Å². The maximum absolute atomic E-state index is 12.4. The highest BCUT2D eigenvalue weighted by molar-refractivity contribution is 9.10. The molecule has 5 heteroatoms. The van der Waals surface area contributed by atoms with Gasteiger partial charge in [-0.2, -0.15) is 0 Å². The molecular weight excluding hydrogens is 344 g/mol. The number of halogens is 1. The van der Waals surface area contributed by atoms with Gasteiger partial charge in [0, 0.05) is 29.3 Å². The number of hydrogen-bond acceptors (Lipinski definition) is 3. The molecule has 0 aliphatic carbocycles. The van der Waals surface area contributed by atoms with Crippen molar-refractivity contribution < 1.29 is 9.53 Å². The van der Waals surface area contributed by atoms with Crippen molar-refractivity contribution in [3.8, 4) is 0 Å². The molecule has 0 saturated carbocycles. The number of hydrogen-bond donors (Lipinski definition) is 0. The van der Waals surface area contributed by atoms with Gasteiger partial charge in [-0.15, -0.1) is 0 Å². The molecule has 2 atom stereocenters. The van der Waals surface area contributed by atoms with E-state index < -0.39 is 5.60 Å². The number of nitrogens with zero attached hydrogens (tertiary/aromatic N) is 2. The summed E-state index contributed by atoms with van der Waals surface area (Å²) in [5, 5.41) is 0. The maximum atomic E-state index is 12.4. The molecule has 2 heterocycles. The summed E-state index contributed by atoms with van der Waals surface area (Å²) in [7, 11) is 0. The number of ether oxygens (including phenoxy) is 1. The van der Waals surface area contributed by atoms with Crippen molar-refractivity contribution in [1.29, 1.82) is 0 Å². The third kappa shape index (κ3) is 2.96. The van der Waals surface area contributed by atoms with Crippen molar-refractivity contribution >= 4 is 27.7 Å². The Morgan fingerprint density at radius 3 is 2.73 bits per heavy atom. The molecule has 4 nitrogen and oxygen atoms in total. The highest BCUT2D eigenvalue weighted by atomic mass is 79.9. The number of carbonyl (C=O) groups excluding carboxylic acids is 1. The smallest absolute Gasteiger partial charge is 0.410 e. The van der Waals surface area contributed by atoms with Crippen molar-refractivity contribution in [2.75, 3.05) is 18.0 Å². The van der Waals surface area contributed by atoms with E-state index in [2.05, 4.69) is 46.0 Å². The Hall–Kier alpha value is -1.23. The molecule has 3 rings (SSSR count). The number of benzene rings is 1. The molecule has 1 amide bonds. The Morgan fingerprint density at radius 2 is 2.05 bits per heavy atom. The zero-order chi connectivity index (χ0) is 16.1. The van der Waals surface area contributed by atoms with Gasteiger partial charge in [-0.05, 0) is 51.8 Å². The summed E-state index contributed by atoms with van der Waals surface area (Å²) in [6.45, 7) is 9.34. The third-order valence-corrected chi connectivity index (χ3v) is 4.71. The predicted octanol–water partition coefficient (Wildman–Crippen LogP) is 3.82. The summed E-state index contributed by atoms with van der Waals surface area (Å²) >= 11 is 3.56. The van der Waals surface area contributed by atoms with Crippen LogP contribution >= 0.6 is 15.9 Å². The third-order valence-electron chi connectivity index (χ3n) is 4.22. The minimum Gasteiger partial charge on any atom is -0.444 e. The fourth-order valence-corrected chi connectivity index (χ4v) is 3.81. The Labute approximate surface area is 140 Å². The summed E-state index contributed by atoms with van der Waals surface area (Å²) in [4.78, 5) is 16.7. The lowest BCUT2D eigenvalue weighted by atomic mass is 10.1. The fourth-order valence-electron chi connectivity index (χ4n) is 3.46. The molecule has 0 N–H and O–H groups in total. The van der Waals surface area contributed by atoms with Crippen LogP contribution in [-0.2, 0) is 11.2 Å². The van der Waals surface area contributed by atoms with E-state index in [9.17, 15) is 4.79 Å². The zero-order valence-electron chi connectivity index (χ0n) is 13.6. The molecule has 0 bridgehead atoms. The van der Waals surface area contributed by atoms with Gasteiger partial charge in [-0.3, -0.25) is 0 Å². The first-order chi connectivity index (χ1) is 10.2. The van der Waals surface area contributed by atoms with Crippen molar-refractivity contribution in [3.63, 3.8) is 0 Å². The molecule has 1 aromatic rings. The van der Waals surface area contributed by atoms with Crippen molar-refractivity contribution in [1.82, 2.24) is 4.90 Å². The topological polar surface area (TPSA) is 32.8 Å². The van der Waals surface area contributed by atoms with E-state index in [1.807, 2.05) is 25.7 Å². The average molecular weight is 367 g/mol. The zero-order valence-corrected chi connectivity index (χ0v) is 15.2. The molecule has 0 radical (unpaired) electrons. The van der Waals surface area contributed by atoms with Crippen molar-refractivity contribution in [2.24, 2.45) is 0 Å². The molecule has 2 aliphatic rings. The number of piperazine rings is 1. The normalized spacial score (nSPS) is 24.0. The number of anilines is 1. The Kier molecular flexibility index (Phi) is 3.87. The quantitative estimate of drug-likeness (QED) is 0.699. The van der Waals surface area contributed by atoms with Crippen LogP contribution in [0.2, 0.25) is 0 Å². The molecule has 1 saturated heterocycles. The van der Waals surface area contributed by atoms with Gasteiger partial charge in [0.25, 0.3) is 0 Å². The lowest BCUT2D eigenvalue weighted by Crippen LogP contribution is -2.58. The maximum Gasteiger partial charge on any atom is 0.410 e. The van der Waals surface area contributed by atoms with Gasteiger partial charge < -0.3 is 14.5 Å². The highest BCUT2D eigenvalue weighted by Gasteiger charge is 2.40. The summed E-state index contributed by atoms with van der Waals surface area (Å²) < 4.78 is 6.64. The standard InChI is InChI=1S/C17H23BrN2O2/c1-11-9-19(16(21)22-17(2,3)4)10-14-7-12-5-6-13(18)8-15(12)20(11)14/h5-6,8,11,14H,7,9-10H2,1-4H3/t11?,14-/m1/s1. The largest absolute Gasteiger partial charge is 0.444 e. The molecule has 0 aromatic heterocycles. The van der Waals surface area contributed by atoms with Gasteiger partial charge in [0.05, 0.1) is 6.04 Å². The summed E-state index contributed by atoms with van der Waals surface area (Å²) in [5.74, 6) is 0. The van der Waals surface area contributed by atoms with Gasteiger partial charge in [0.1, 0.15) is 5.60 Å². The molecule has 2 aliphatic heterocycles. The molecule has 0 spiro atoms. The Balaban J connectivity index is 1.78. The minimum absolute atomic E-state index is 0.198. The number of amides is 1. The van der Waals surface area contributed by atoms with Crippen LogP contribution < -0.4 is 4.90 Å². The van der Waals surface area contributed by atoms with E-state index in [-0.39, 0.29) is 6.09 Å². The molecule has 1 fully saturated rings. The van der Waals surface area contributed by atoms with Crippen LogP contribution in [-0.4, -0.2) is 41.8 Å². The van der Waals surface area contributed by atoms with Gasteiger partial charge in [-0.25, -0.2) is 4.79 Å². The SMILES string of the molecule is CC1CN(C(=O)OC(C)(C)C)C[C@H]2Cc3ccc(Br)cc3N12. The van der Waals surface area contributed by atoms with Gasteiger partial charge >= 0.3 is 6.09 Å². The second-order valence-electron chi connectivity index (χ2n) is 7.27. The molecule has 1 aromatic carbocycles. The minimum atomic E-state index is -0.443. The Morgan fingerprint density at radius 1 is 1.32 bits per heavy atom. The monoisotopic (exact) mass is 366 g/mol. The van der Waals surface area contributed by atoms with Crippen molar-refractivity contribution in [2.45, 2.75) is 51.8 Å². The summed E-state index contributed by atoms with van der Waals surface area (Å²) in [5.41, 5.74) is 2.22. The van der Waals surface area contributed by atoms with Crippen LogP contribution in [0.25, 0.3) is 0 Å². The second-order valence-corrected chi connectivity index (χ2v) is 8.19. The van der Waals surface area contributed by atoms with E-state index >= 15 is 0 Å². The van der Waals surface area contributed by atoms with Crippen LogP contribution in [0.3, 0.4) is 0 Å². The molecule has 22 heavy (non-hydrogen) atoms. The molecule has 120 valence electrons. The van der Waals surface area contributed by atoms with E-state index in [1.54, 1.807) is 0 Å². The van der Waals surface area contributed by atoms with E-state index in [0.29, 0.717) is 18.6 Å². The first kappa shape index (κ1) is 15.7. The highest BCUT2D eigenvalue weighted by Crippen LogP contribution is 2.38. The van der Waals surface area contributed by atoms with Crippen LogP contribution in [0.5, 0.6) is 0 Å². The van der Waals surface area contributed by atoms with Gasteiger partial charge in [-0.1, -0.05) is 22.0 Å².